The van der Waals surface area contributed by atoms with E-state index in [4.69, 9.17) is 0 Å². The summed E-state index contributed by atoms with van der Waals surface area (Å²) in [5.41, 5.74) is 3.17. The highest BCUT2D eigenvalue weighted by Gasteiger charge is 2.45. The van der Waals surface area contributed by atoms with Gasteiger partial charge in [-0.2, -0.15) is 0 Å². The van der Waals surface area contributed by atoms with Gasteiger partial charge in [0, 0.05) is 24.0 Å². The fourth-order valence-corrected chi connectivity index (χ4v) is 4.63. The number of para-hydroxylation sites is 1. The van der Waals surface area contributed by atoms with E-state index in [0.717, 1.165) is 16.7 Å². The van der Waals surface area contributed by atoms with E-state index in [1.54, 1.807) is 4.90 Å². The number of hydroxylamine groups is 2. The fraction of sp³-hybridized carbons (Fsp3) is 0.280. The van der Waals surface area contributed by atoms with Crippen molar-refractivity contribution < 1.29 is 37.0 Å². The number of imide groups is 1. The van der Waals surface area contributed by atoms with Crippen LogP contribution in [0.2, 0.25) is 0 Å². The van der Waals surface area contributed by atoms with Gasteiger partial charge in [0.1, 0.15) is 15.4 Å². The van der Waals surface area contributed by atoms with Gasteiger partial charge in [0.2, 0.25) is 5.91 Å². The first-order valence-electron chi connectivity index (χ1n) is 11.2. The topological polar surface area (TPSA) is 141 Å². The number of fused-ring (bicyclic) bond motifs is 2. The molecular weight excluding hydrogens is 488 g/mol. The number of anilines is 1. The fourth-order valence-electron chi connectivity index (χ4n) is 3.94. The zero-order chi connectivity index (χ0) is 25.9. The van der Waals surface area contributed by atoms with Crippen molar-refractivity contribution in [3.05, 3.63) is 65.2 Å². The first-order valence-corrected chi connectivity index (χ1v) is 12.6. The van der Waals surface area contributed by atoms with Crippen molar-refractivity contribution >= 4 is 39.5 Å². The molecule has 0 spiro atoms. The summed E-state index contributed by atoms with van der Waals surface area (Å²) in [6.07, 6.45) is -0.425. The summed E-state index contributed by atoms with van der Waals surface area (Å²) in [4.78, 5) is 55.3. The lowest BCUT2D eigenvalue weighted by Crippen LogP contribution is -2.36. The van der Waals surface area contributed by atoms with Crippen molar-refractivity contribution in [1.29, 1.82) is 0 Å². The smallest absolute Gasteiger partial charge is 0.333 e. The Balaban J connectivity index is 1.34. The first-order chi connectivity index (χ1) is 17.1. The van der Waals surface area contributed by atoms with E-state index in [1.165, 1.54) is 0 Å². The number of unbranched alkanes of at least 4 members (excludes halogenated alkanes) is 1. The normalized spacial score (nSPS) is 16.9. The van der Waals surface area contributed by atoms with Gasteiger partial charge in [-0.15, -0.1) is 5.06 Å². The number of nitrogens with zero attached hydrogens (tertiary/aromatic N) is 2. The van der Waals surface area contributed by atoms with Gasteiger partial charge in [0.05, 0.1) is 18.7 Å². The number of amides is 3. The Morgan fingerprint density at radius 3 is 2.33 bits per heavy atom. The van der Waals surface area contributed by atoms with Gasteiger partial charge in [-0.05, 0) is 36.6 Å². The van der Waals surface area contributed by atoms with E-state index in [9.17, 15) is 32.1 Å². The molecule has 1 fully saturated rings. The summed E-state index contributed by atoms with van der Waals surface area (Å²) in [5, 5.41) is -2.06. The first kappa shape index (κ1) is 25.1. The van der Waals surface area contributed by atoms with E-state index < -0.39 is 39.6 Å². The quantitative estimate of drug-likeness (QED) is 0.237. The second kappa shape index (κ2) is 10.3. The molecule has 0 aromatic heterocycles. The lowest BCUT2D eigenvalue weighted by Gasteiger charge is -2.26. The third kappa shape index (κ3) is 5.45. The van der Waals surface area contributed by atoms with Gasteiger partial charge in [-0.1, -0.05) is 42.2 Å². The Labute approximate surface area is 207 Å². The number of rotatable bonds is 7. The lowest BCUT2D eigenvalue weighted by atomic mass is 10.0. The van der Waals surface area contributed by atoms with Crippen molar-refractivity contribution in [1.82, 2.24) is 5.06 Å². The molecule has 36 heavy (non-hydrogen) atoms. The Bertz CT molecular complexity index is 1410. The molecule has 2 aliphatic rings. The van der Waals surface area contributed by atoms with Crippen LogP contribution in [-0.2, 0) is 40.7 Å². The summed E-state index contributed by atoms with van der Waals surface area (Å²) in [7, 11) is -5.04. The average molecular weight is 510 g/mol. The Morgan fingerprint density at radius 2 is 1.61 bits per heavy atom. The molecule has 0 saturated carbocycles. The van der Waals surface area contributed by atoms with Crippen LogP contribution in [-0.4, -0.2) is 47.0 Å². The molecule has 10 nitrogen and oxygen atoms in total. The summed E-state index contributed by atoms with van der Waals surface area (Å²) < 4.78 is 33.2. The highest BCUT2D eigenvalue weighted by molar-refractivity contribution is 7.87. The third-order valence-corrected chi connectivity index (χ3v) is 6.86. The van der Waals surface area contributed by atoms with Crippen LogP contribution >= 0.6 is 0 Å². The van der Waals surface area contributed by atoms with E-state index >= 15 is 0 Å². The van der Waals surface area contributed by atoms with Crippen LogP contribution in [0.25, 0.3) is 0 Å². The van der Waals surface area contributed by atoms with Crippen LogP contribution in [0.15, 0.2) is 48.5 Å². The van der Waals surface area contributed by atoms with E-state index in [-0.39, 0.29) is 30.2 Å². The molecule has 1 unspecified atom stereocenters. The Morgan fingerprint density at radius 1 is 0.972 bits per heavy atom. The highest BCUT2D eigenvalue weighted by Crippen LogP contribution is 2.26. The molecule has 4 rings (SSSR count). The summed E-state index contributed by atoms with van der Waals surface area (Å²) in [6.45, 7) is 0.339. The average Bonchev–Trinajstić information content (AvgIpc) is 3.12. The number of hydrogen-bond acceptors (Lipinski definition) is 8. The van der Waals surface area contributed by atoms with Crippen LogP contribution in [0.5, 0.6) is 0 Å². The van der Waals surface area contributed by atoms with Crippen LogP contribution in [0.3, 0.4) is 0 Å². The van der Waals surface area contributed by atoms with Gasteiger partial charge < -0.3 is 14.3 Å². The Kier molecular flexibility index (Phi) is 7.19. The predicted octanol–water partition coefficient (Wildman–Crippen LogP) is 1.62. The predicted molar refractivity (Wildman–Crippen MR) is 125 cm³/mol. The molecule has 2 aromatic carbocycles. The molecule has 11 heteroatoms. The van der Waals surface area contributed by atoms with Gasteiger partial charge in [-0.25, -0.2) is 13.2 Å². The maximum Gasteiger partial charge on any atom is 0.333 e. The largest absolute Gasteiger partial charge is 0.747 e. The minimum Gasteiger partial charge on any atom is -0.747 e. The lowest BCUT2D eigenvalue weighted by molar-refractivity contribution is -0.197. The summed E-state index contributed by atoms with van der Waals surface area (Å²) >= 11 is 0. The monoisotopic (exact) mass is 509 g/mol. The minimum atomic E-state index is -5.04. The van der Waals surface area contributed by atoms with Crippen LogP contribution < -0.4 is 4.90 Å². The van der Waals surface area contributed by atoms with Crippen molar-refractivity contribution in [3.8, 4) is 11.8 Å². The molecule has 0 N–H and O–H groups in total. The minimum absolute atomic E-state index is 0.0310. The molecular formula is C25H21N2O8S-. The van der Waals surface area contributed by atoms with Crippen LogP contribution in [0.1, 0.15) is 48.8 Å². The molecule has 1 atom stereocenters. The molecule has 3 amide bonds. The molecule has 2 aromatic rings. The van der Waals surface area contributed by atoms with E-state index in [0.29, 0.717) is 18.7 Å². The maximum atomic E-state index is 13.2. The second-order valence-corrected chi connectivity index (χ2v) is 9.84. The van der Waals surface area contributed by atoms with E-state index in [2.05, 4.69) is 16.7 Å². The third-order valence-electron chi connectivity index (χ3n) is 5.80. The Hall–Kier alpha value is -4.01. The van der Waals surface area contributed by atoms with Gasteiger partial charge >= 0.3 is 5.97 Å². The van der Waals surface area contributed by atoms with Crippen LogP contribution in [0, 0.1) is 11.8 Å². The zero-order valence-corrected chi connectivity index (χ0v) is 19.8. The van der Waals surface area contributed by atoms with Gasteiger partial charge in [0.15, 0.2) is 0 Å². The van der Waals surface area contributed by atoms with E-state index in [1.807, 2.05) is 48.5 Å². The molecule has 2 aliphatic heterocycles. The van der Waals surface area contributed by atoms with Crippen molar-refractivity contribution in [2.45, 2.75) is 43.9 Å². The number of carbonyl (C=O) groups excluding carboxylic acids is 4. The molecule has 0 bridgehead atoms. The number of hydrogen-bond donors (Lipinski definition) is 0. The molecule has 186 valence electrons. The van der Waals surface area contributed by atoms with Crippen LogP contribution in [0.4, 0.5) is 5.69 Å². The molecule has 0 aliphatic carbocycles. The second-order valence-electron chi connectivity index (χ2n) is 8.29. The molecule has 1 saturated heterocycles. The highest BCUT2D eigenvalue weighted by atomic mass is 32.2. The zero-order valence-electron chi connectivity index (χ0n) is 19.0. The SMILES string of the molecule is O=C(CCCCC(=O)N1Cc2ccccc2C#Cc2ccccc21)ON1C(=O)CC(S(=O)(=O)[O-])C1=O. The maximum absolute atomic E-state index is 13.2. The van der Waals surface area contributed by atoms with Gasteiger partial charge in [-0.3, -0.25) is 14.4 Å². The van der Waals surface area contributed by atoms with Crippen molar-refractivity contribution in [3.63, 3.8) is 0 Å². The number of carbonyl (C=O) groups is 4. The van der Waals surface area contributed by atoms with Gasteiger partial charge in [0.25, 0.3) is 11.8 Å². The number of benzene rings is 2. The summed E-state index contributed by atoms with van der Waals surface area (Å²) in [5.74, 6) is 2.70. The van der Waals surface area contributed by atoms with Crippen molar-refractivity contribution in [2.24, 2.45) is 0 Å². The summed E-state index contributed by atoms with van der Waals surface area (Å²) in [6, 6.07) is 14.9. The van der Waals surface area contributed by atoms with Crippen molar-refractivity contribution in [2.75, 3.05) is 4.90 Å². The molecule has 2 heterocycles. The standard InChI is InChI=1S/C25H22N2O8S/c28-22(11-5-6-12-24(30)35-27-23(29)15-21(25(27)31)36(32,33)34)26-16-19-9-2-1-7-17(19)13-14-18-8-3-4-10-20(18)26/h1-4,7-10,21H,5-6,11-12,15-16H2,(H,32,33,34)/p-1. The molecule has 0 radical (unpaired) electrons.